The lowest BCUT2D eigenvalue weighted by molar-refractivity contribution is 0.387. The molecule has 0 atom stereocenters. The van der Waals surface area contributed by atoms with E-state index >= 15 is 0 Å². The van der Waals surface area contributed by atoms with Gasteiger partial charge in [-0.15, -0.1) is 0 Å². The molecule has 82 valence electrons. The molecule has 2 aromatic rings. The predicted molar refractivity (Wildman–Crippen MR) is 56.5 cm³/mol. The summed E-state index contributed by atoms with van der Waals surface area (Å²) < 4.78 is 9.54. The van der Waals surface area contributed by atoms with E-state index in [4.69, 9.17) is 9.05 Å². The highest BCUT2D eigenvalue weighted by molar-refractivity contribution is 5.02. The van der Waals surface area contributed by atoms with E-state index in [0.717, 1.165) is 30.1 Å². The van der Waals surface area contributed by atoms with Crippen LogP contribution in [0.4, 0.5) is 0 Å². The maximum atomic E-state index is 4.81. The topological polar surface area (TPSA) is 52.1 Å². The van der Waals surface area contributed by atoms with Gasteiger partial charge < -0.3 is 9.05 Å². The molecule has 4 nitrogen and oxygen atoms in total. The molecule has 0 spiro atoms. The van der Waals surface area contributed by atoms with E-state index in [-0.39, 0.29) is 0 Å². The quantitative estimate of drug-likeness (QED) is 0.761. The van der Waals surface area contributed by atoms with Crippen molar-refractivity contribution in [1.29, 1.82) is 0 Å². The van der Waals surface area contributed by atoms with Gasteiger partial charge in [-0.3, -0.25) is 0 Å². The smallest absolute Gasteiger partial charge is 0.136 e. The molecular formula is C11H16N2O2. The summed E-state index contributed by atoms with van der Waals surface area (Å²) in [6.07, 6.45) is 3.54. The molecule has 0 fully saturated rings. The first kappa shape index (κ1) is 11.5. The van der Waals surface area contributed by atoms with E-state index < -0.39 is 0 Å². The minimum absolute atomic E-state index is 0.891. The largest absolute Gasteiger partial charge is 0.361 e. The van der Waals surface area contributed by atoms with Crippen molar-refractivity contribution in [2.24, 2.45) is 0 Å². The van der Waals surface area contributed by atoms with Crippen LogP contribution in [0.5, 0.6) is 0 Å². The molecule has 0 aliphatic rings. The fourth-order valence-electron chi connectivity index (χ4n) is 1.01. The highest BCUT2D eigenvalue weighted by Crippen LogP contribution is 2.00. The van der Waals surface area contributed by atoms with Crippen LogP contribution in [0.3, 0.4) is 0 Å². The van der Waals surface area contributed by atoms with Crippen LogP contribution in [0.2, 0.25) is 0 Å². The number of hydrogen-bond donors (Lipinski definition) is 0. The van der Waals surface area contributed by atoms with Crippen molar-refractivity contribution in [2.45, 2.75) is 33.6 Å². The number of aryl methyl sites for hydroxylation is 3. The first-order valence-electron chi connectivity index (χ1n) is 5.08. The summed E-state index contributed by atoms with van der Waals surface area (Å²) in [5, 5.41) is 7.28. The van der Waals surface area contributed by atoms with Gasteiger partial charge in [0, 0.05) is 18.6 Å². The Balaban J connectivity index is 0.000000151. The zero-order valence-electron chi connectivity index (χ0n) is 9.36. The standard InChI is InChI=1S/C6H9NO.C5H7NO/c1-3-6-4-5(2)8-7-6;1-2-5-3-4-6-7-5/h4H,3H2,1-2H3;3-4H,2H2,1H3. The van der Waals surface area contributed by atoms with E-state index in [1.807, 2.05) is 26.0 Å². The van der Waals surface area contributed by atoms with E-state index in [1.54, 1.807) is 6.20 Å². The summed E-state index contributed by atoms with van der Waals surface area (Å²) in [5.74, 6) is 1.84. The van der Waals surface area contributed by atoms with Gasteiger partial charge >= 0.3 is 0 Å². The first-order valence-corrected chi connectivity index (χ1v) is 5.08. The van der Waals surface area contributed by atoms with Gasteiger partial charge in [0.25, 0.3) is 0 Å². The van der Waals surface area contributed by atoms with Crippen LogP contribution in [0.15, 0.2) is 27.4 Å². The van der Waals surface area contributed by atoms with Crippen LogP contribution in [-0.2, 0) is 12.8 Å². The van der Waals surface area contributed by atoms with Gasteiger partial charge in [0.1, 0.15) is 11.5 Å². The summed E-state index contributed by atoms with van der Waals surface area (Å²) >= 11 is 0. The van der Waals surface area contributed by atoms with Crippen molar-refractivity contribution in [3.05, 3.63) is 35.5 Å². The average Bonchev–Trinajstić information content (AvgIpc) is 2.88. The minimum Gasteiger partial charge on any atom is -0.361 e. The second kappa shape index (κ2) is 6.01. The molecule has 0 amide bonds. The van der Waals surface area contributed by atoms with Crippen LogP contribution in [-0.4, -0.2) is 10.3 Å². The summed E-state index contributed by atoms with van der Waals surface area (Å²) in [6, 6.07) is 3.81. The summed E-state index contributed by atoms with van der Waals surface area (Å²) in [6.45, 7) is 5.98. The SMILES string of the molecule is CCc1cc(C)on1.CCc1ccno1. The third-order valence-electron chi connectivity index (χ3n) is 1.88. The lowest BCUT2D eigenvalue weighted by atomic mass is 10.3. The van der Waals surface area contributed by atoms with E-state index in [2.05, 4.69) is 17.2 Å². The van der Waals surface area contributed by atoms with Crippen molar-refractivity contribution < 1.29 is 9.05 Å². The molecule has 0 aromatic carbocycles. The lowest BCUT2D eigenvalue weighted by Crippen LogP contribution is -1.73. The maximum Gasteiger partial charge on any atom is 0.136 e. The number of nitrogens with zero attached hydrogens (tertiary/aromatic N) is 2. The minimum atomic E-state index is 0.891. The molecule has 0 aliphatic heterocycles. The van der Waals surface area contributed by atoms with Crippen molar-refractivity contribution in [2.75, 3.05) is 0 Å². The Bertz CT molecular complexity index is 366. The molecule has 0 radical (unpaired) electrons. The molecule has 0 saturated heterocycles. The van der Waals surface area contributed by atoms with Crippen LogP contribution < -0.4 is 0 Å². The summed E-state index contributed by atoms with van der Waals surface area (Å²) in [5.41, 5.74) is 1.03. The van der Waals surface area contributed by atoms with E-state index in [0.29, 0.717) is 0 Å². The van der Waals surface area contributed by atoms with Gasteiger partial charge in [-0.1, -0.05) is 24.2 Å². The van der Waals surface area contributed by atoms with Gasteiger partial charge in [-0.25, -0.2) is 0 Å². The van der Waals surface area contributed by atoms with Crippen molar-refractivity contribution in [3.63, 3.8) is 0 Å². The van der Waals surface area contributed by atoms with Gasteiger partial charge in [0.05, 0.1) is 11.9 Å². The molecule has 2 rings (SSSR count). The second-order valence-corrected chi connectivity index (χ2v) is 3.11. The van der Waals surface area contributed by atoms with E-state index in [9.17, 15) is 0 Å². The third kappa shape index (κ3) is 3.97. The van der Waals surface area contributed by atoms with Gasteiger partial charge in [-0.05, 0) is 13.3 Å². The van der Waals surface area contributed by atoms with Gasteiger partial charge in [-0.2, -0.15) is 0 Å². The first-order chi connectivity index (χ1) is 7.26. The molecule has 15 heavy (non-hydrogen) atoms. The van der Waals surface area contributed by atoms with Crippen LogP contribution in [0, 0.1) is 6.92 Å². The molecule has 0 bridgehead atoms. The lowest BCUT2D eigenvalue weighted by Gasteiger charge is -1.76. The molecule has 0 unspecified atom stereocenters. The fourth-order valence-corrected chi connectivity index (χ4v) is 1.01. The maximum absolute atomic E-state index is 4.81. The Morgan fingerprint density at radius 3 is 2.27 bits per heavy atom. The molecule has 0 saturated carbocycles. The molecule has 4 heteroatoms. The Hall–Kier alpha value is -1.58. The van der Waals surface area contributed by atoms with E-state index in [1.165, 1.54) is 0 Å². The van der Waals surface area contributed by atoms with Crippen LogP contribution in [0.1, 0.15) is 31.1 Å². The molecular weight excluding hydrogens is 192 g/mol. The van der Waals surface area contributed by atoms with Gasteiger partial charge in [0.2, 0.25) is 0 Å². The second-order valence-electron chi connectivity index (χ2n) is 3.11. The van der Waals surface area contributed by atoms with Crippen LogP contribution >= 0.6 is 0 Å². The zero-order chi connectivity index (χ0) is 11.1. The third-order valence-corrected chi connectivity index (χ3v) is 1.88. The number of aromatic nitrogens is 2. The molecule has 0 aliphatic carbocycles. The zero-order valence-corrected chi connectivity index (χ0v) is 9.36. The highest BCUT2D eigenvalue weighted by Gasteiger charge is 1.93. The van der Waals surface area contributed by atoms with Crippen molar-refractivity contribution in [3.8, 4) is 0 Å². The number of rotatable bonds is 2. The number of hydrogen-bond acceptors (Lipinski definition) is 4. The Labute approximate surface area is 89.2 Å². The summed E-state index contributed by atoms with van der Waals surface area (Å²) in [7, 11) is 0. The summed E-state index contributed by atoms with van der Waals surface area (Å²) in [4.78, 5) is 0. The molecule has 2 aromatic heterocycles. The monoisotopic (exact) mass is 208 g/mol. The van der Waals surface area contributed by atoms with Gasteiger partial charge in [0.15, 0.2) is 0 Å². The Morgan fingerprint density at radius 1 is 1.20 bits per heavy atom. The average molecular weight is 208 g/mol. The van der Waals surface area contributed by atoms with Crippen LogP contribution in [0.25, 0.3) is 0 Å². The van der Waals surface area contributed by atoms with Crippen molar-refractivity contribution in [1.82, 2.24) is 10.3 Å². The molecule has 0 N–H and O–H groups in total. The van der Waals surface area contributed by atoms with Crippen molar-refractivity contribution >= 4 is 0 Å². The normalized spacial score (nSPS) is 9.53. The highest BCUT2D eigenvalue weighted by atomic mass is 16.5. The predicted octanol–water partition coefficient (Wildman–Crippen LogP) is 2.78. The Kier molecular flexibility index (Phi) is 4.60. The Morgan fingerprint density at radius 2 is 2.00 bits per heavy atom. The molecule has 2 heterocycles. The fraction of sp³-hybridized carbons (Fsp3) is 0.455.